The Morgan fingerprint density at radius 3 is 2.74 bits per heavy atom. The summed E-state index contributed by atoms with van der Waals surface area (Å²) in [7, 11) is 0. The van der Waals surface area contributed by atoms with Crippen molar-refractivity contribution >= 4 is 22.5 Å². The first-order chi connectivity index (χ1) is 9.24. The van der Waals surface area contributed by atoms with E-state index in [1.165, 1.54) is 4.90 Å². The number of H-pyrrole nitrogens is 1. The second kappa shape index (κ2) is 4.97. The minimum Gasteiger partial charge on any atom is -0.360 e. The number of carbonyl (C=O) groups is 2. The smallest absolute Gasteiger partial charge is 0.219 e. The molecular weight excluding hydrogens is 240 g/mol. The number of para-hydroxylation sites is 1. The Kier molecular flexibility index (Phi) is 3.17. The van der Waals surface area contributed by atoms with Gasteiger partial charge in [0.05, 0.1) is 25.9 Å². The Morgan fingerprint density at radius 1 is 1.21 bits per heavy atom. The van der Waals surface area contributed by atoms with Crippen molar-refractivity contribution in [3.63, 3.8) is 0 Å². The van der Waals surface area contributed by atoms with Gasteiger partial charge in [-0.1, -0.05) is 18.2 Å². The monoisotopic (exact) mass is 257 g/mol. The van der Waals surface area contributed by atoms with E-state index in [4.69, 9.17) is 0 Å². The highest BCUT2D eigenvalue weighted by Gasteiger charge is 2.23. The molecule has 0 spiro atoms. The molecule has 0 aliphatic carbocycles. The number of hydrogen-bond donors (Lipinski definition) is 2. The van der Waals surface area contributed by atoms with Crippen molar-refractivity contribution in [1.82, 2.24) is 4.98 Å². The van der Waals surface area contributed by atoms with E-state index in [0.717, 1.165) is 29.6 Å². The molecule has 4 heteroatoms. The number of aromatic amines is 1. The molecule has 1 aliphatic rings. The highest BCUT2D eigenvalue weighted by atomic mass is 16.1. The summed E-state index contributed by atoms with van der Waals surface area (Å²) < 4.78 is 0. The Labute approximate surface area is 111 Å². The maximum atomic E-state index is 12.3. The zero-order valence-corrected chi connectivity index (χ0v) is 10.7. The molecule has 1 aliphatic heterocycles. The van der Waals surface area contributed by atoms with Crippen LogP contribution in [0.25, 0.3) is 10.9 Å². The molecule has 1 saturated heterocycles. The molecule has 4 nitrogen and oxygen atoms in total. The van der Waals surface area contributed by atoms with E-state index in [1.807, 2.05) is 24.3 Å². The summed E-state index contributed by atoms with van der Waals surface area (Å²) in [6.45, 7) is 2.05. The van der Waals surface area contributed by atoms with Crippen LogP contribution in [0.2, 0.25) is 0 Å². The van der Waals surface area contributed by atoms with E-state index < -0.39 is 0 Å². The molecular formula is C15H17N2O2+. The lowest BCUT2D eigenvalue weighted by Gasteiger charge is -2.21. The Balaban J connectivity index is 1.75. The second-order valence-electron chi connectivity index (χ2n) is 5.14. The molecule has 0 amide bonds. The fourth-order valence-corrected chi connectivity index (χ4v) is 2.68. The molecule has 2 N–H and O–H groups in total. The largest absolute Gasteiger partial charge is 0.360 e. The van der Waals surface area contributed by atoms with E-state index in [1.54, 1.807) is 6.20 Å². The molecule has 0 atom stereocenters. The van der Waals surface area contributed by atoms with Gasteiger partial charge in [-0.15, -0.1) is 0 Å². The van der Waals surface area contributed by atoms with Crippen molar-refractivity contribution in [3.05, 3.63) is 36.0 Å². The van der Waals surface area contributed by atoms with Crippen molar-refractivity contribution in [3.8, 4) is 0 Å². The third kappa shape index (κ3) is 2.44. The number of hydrogen-bond acceptors (Lipinski definition) is 2. The lowest BCUT2D eigenvalue weighted by molar-refractivity contribution is -0.892. The van der Waals surface area contributed by atoms with E-state index in [9.17, 15) is 9.59 Å². The van der Waals surface area contributed by atoms with Gasteiger partial charge in [0.15, 0.2) is 0 Å². The summed E-state index contributed by atoms with van der Waals surface area (Å²) in [4.78, 5) is 27.9. The maximum Gasteiger partial charge on any atom is 0.219 e. The van der Waals surface area contributed by atoms with Crippen LogP contribution in [0, 0.1) is 0 Å². The Bertz CT molecular complexity index is 620. The summed E-state index contributed by atoms with van der Waals surface area (Å²) >= 11 is 0. The number of fused-ring (bicyclic) bond motifs is 1. The number of quaternary nitrogens is 1. The topological polar surface area (TPSA) is 54.4 Å². The van der Waals surface area contributed by atoms with E-state index in [0.29, 0.717) is 25.2 Å². The summed E-state index contributed by atoms with van der Waals surface area (Å²) in [6, 6.07) is 7.83. The molecule has 1 aromatic carbocycles. The average Bonchev–Trinajstić information content (AvgIpc) is 2.85. The van der Waals surface area contributed by atoms with Gasteiger partial charge in [0.1, 0.15) is 12.3 Å². The average molecular weight is 257 g/mol. The zero-order chi connectivity index (χ0) is 13.2. The molecule has 2 aromatic rings. The highest BCUT2D eigenvalue weighted by Crippen LogP contribution is 2.17. The molecule has 0 radical (unpaired) electrons. The molecule has 0 bridgehead atoms. The minimum absolute atomic E-state index is 0.154. The van der Waals surface area contributed by atoms with Crippen LogP contribution in [-0.4, -0.2) is 36.2 Å². The molecule has 2 heterocycles. The number of likely N-dealkylation sites (tertiary alicyclic amines) is 1. The predicted octanol–water partition coefficient (Wildman–Crippen LogP) is 0.598. The normalized spacial score (nSPS) is 16.9. The summed E-state index contributed by atoms with van der Waals surface area (Å²) in [6.07, 6.45) is 3.01. The zero-order valence-electron chi connectivity index (χ0n) is 10.7. The lowest BCUT2D eigenvalue weighted by atomic mass is 10.1. The molecule has 1 fully saturated rings. The van der Waals surface area contributed by atoms with Crippen molar-refractivity contribution in [1.29, 1.82) is 0 Å². The molecule has 0 unspecified atom stereocenters. The van der Waals surface area contributed by atoms with E-state index in [2.05, 4.69) is 4.98 Å². The van der Waals surface area contributed by atoms with Crippen molar-refractivity contribution in [2.24, 2.45) is 0 Å². The fraction of sp³-hybridized carbons (Fsp3) is 0.333. The quantitative estimate of drug-likeness (QED) is 0.791. The fourth-order valence-electron chi connectivity index (χ4n) is 2.68. The van der Waals surface area contributed by atoms with Crippen molar-refractivity contribution in [2.45, 2.75) is 12.8 Å². The minimum atomic E-state index is 0.154. The molecule has 0 saturated carbocycles. The standard InChI is InChI=1S/C15H16N2O2/c18-11-5-7-17(8-6-11)10-15(19)13-9-16-14-4-2-1-3-12(13)14/h1-4,9,16H,5-8,10H2/p+1. The van der Waals surface area contributed by atoms with Crippen LogP contribution in [0.4, 0.5) is 0 Å². The van der Waals surface area contributed by atoms with Gasteiger partial charge in [-0.2, -0.15) is 0 Å². The lowest BCUT2D eigenvalue weighted by Crippen LogP contribution is -3.14. The van der Waals surface area contributed by atoms with Crippen LogP contribution in [0.15, 0.2) is 30.5 Å². The van der Waals surface area contributed by atoms with Crippen LogP contribution in [0.1, 0.15) is 23.2 Å². The first kappa shape index (κ1) is 12.1. The van der Waals surface area contributed by atoms with Gasteiger partial charge in [-0.05, 0) is 6.07 Å². The molecule has 19 heavy (non-hydrogen) atoms. The van der Waals surface area contributed by atoms with Gasteiger partial charge in [0.2, 0.25) is 5.78 Å². The number of nitrogens with one attached hydrogen (secondary N) is 2. The number of ketones is 2. The van der Waals surface area contributed by atoms with Crippen molar-refractivity contribution < 1.29 is 14.5 Å². The third-order valence-electron chi connectivity index (χ3n) is 3.81. The number of carbonyl (C=O) groups excluding carboxylic acids is 2. The predicted molar refractivity (Wildman–Crippen MR) is 72.4 cm³/mol. The summed E-state index contributed by atoms with van der Waals surface area (Å²) in [5, 5.41) is 0.986. The van der Waals surface area contributed by atoms with Crippen molar-refractivity contribution in [2.75, 3.05) is 19.6 Å². The number of aromatic nitrogens is 1. The van der Waals surface area contributed by atoms with Gasteiger partial charge >= 0.3 is 0 Å². The van der Waals surface area contributed by atoms with E-state index in [-0.39, 0.29) is 5.78 Å². The first-order valence-corrected chi connectivity index (χ1v) is 6.68. The molecule has 98 valence electrons. The van der Waals surface area contributed by atoms with Crippen LogP contribution < -0.4 is 4.90 Å². The highest BCUT2D eigenvalue weighted by molar-refractivity contribution is 6.08. The number of rotatable bonds is 3. The summed E-state index contributed by atoms with van der Waals surface area (Å²) in [5.74, 6) is 0.477. The second-order valence-corrected chi connectivity index (χ2v) is 5.14. The number of benzene rings is 1. The van der Waals surface area contributed by atoms with Crippen LogP contribution in [0.3, 0.4) is 0 Å². The number of piperidine rings is 1. The Hall–Kier alpha value is -1.94. The SMILES string of the molecule is O=C1CC[NH+](CC(=O)c2c[nH]c3ccccc23)CC1. The van der Waals surface area contributed by atoms with E-state index >= 15 is 0 Å². The van der Waals surface area contributed by atoms with Crippen LogP contribution >= 0.6 is 0 Å². The Morgan fingerprint density at radius 2 is 1.95 bits per heavy atom. The van der Waals surface area contributed by atoms with Gasteiger partial charge < -0.3 is 9.88 Å². The van der Waals surface area contributed by atoms with Gasteiger partial charge in [0.25, 0.3) is 0 Å². The summed E-state index contributed by atoms with van der Waals surface area (Å²) in [5.41, 5.74) is 1.76. The third-order valence-corrected chi connectivity index (χ3v) is 3.81. The van der Waals surface area contributed by atoms with Gasteiger partial charge in [0, 0.05) is 22.7 Å². The van der Waals surface area contributed by atoms with Gasteiger partial charge in [-0.3, -0.25) is 9.59 Å². The first-order valence-electron chi connectivity index (χ1n) is 6.68. The van der Waals surface area contributed by atoms with Gasteiger partial charge in [-0.25, -0.2) is 0 Å². The maximum absolute atomic E-state index is 12.3. The van der Waals surface area contributed by atoms with Crippen LogP contribution in [0.5, 0.6) is 0 Å². The van der Waals surface area contributed by atoms with Crippen LogP contribution in [-0.2, 0) is 4.79 Å². The molecule has 3 rings (SSSR count). The molecule has 1 aromatic heterocycles. The number of Topliss-reactive ketones (excluding diaryl/α,β-unsaturated/α-hetero) is 2.